The molecule has 0 saturated heterocycles. The molecule has 1 aliphatic carbocycles. The second-order valence-corrected chi connectivity index (χ2v) is 9.85. The Bertz CT molecular complexity index is 1450. The minimum absolute atomic E-state index is 0.0800. The Balaban J connectivity index is 1.31. The maximum atomic E-state index is 13.5. The Morgan fingerprint density at radius 1 is 1.09 bits per heavy atom. The smallest absolute Gasteiger partial charge is 0.335 e. The second kappa shape index (κ2) is 9.84. The van der Waals surface area contributed by atoms with E-state index >= 15 is 0 Å². The fraction of sp³-hybridized carbons (Fsp3) is 0.308. The fourth-order valence-corrected chi connectivity index (χ4v) is 5.24. The molecule has 180 valence electrons. The van der Waals surface area contributed by atoms with Crippen LogP contribution in [0.15, 0.2) is 59.7 Å². The van der Waals surface area contributed by atoms with E-state index in [-0.39, 0.29) is 17.6 Å². The number of benzene rings is 1. The molecule has 35 heavy (non-hydrogen) atoms. The number of hydrogen-bond acceptors (Lipinski definition) is 4. The maximum absolute atomic E-state index is 13.5. The van der Waals surface area contributed by atoms with Crippen LogP contribution < -0.4 is 11.0 Å². The van der Waals surface area contributed by atoms with E-state index in [9.17, 15) is 9.59 Å². The maximum Gasteiger partial charge on any atom is 0.335 e. The number of carbonyl (C=O) groups is 1. The molecule has 0 aliphatic heterocycles. The van der Waals surface area contributed by atoms with Crippen molar-refractivity contribution in [1.29, 1.82) is 0 Å². The van der Waals surface area contributed by atoms with E-state index in [0.717, 1.165) is 31.2 Å². The molecule has 3 aromatic heterocycles. The lowest BCUT2D eigenvalue weighted by Gasteiger charge is -2.29. The summed E-state index contributed by atoms with van der Waals surface area (Å²) in [5.74, 6) is 0.159. The molecule has 1 amide bonds. The first-order valence-corrected chi connectivity index (χ1v) is 12.4. The fourth-order valence-electron chi connectivity index (χ4n) is 4.86. The monoisotopic (exact) mass is 509 g/mol. The Kier molecular flexibility index (Phi) is 6.62. The highest BCUT2D eigenvalue weighted by molar-refractivity contribution is 6.32. The number of fused-ring (bicyclic) bond motifs is 1. The average Bonchev–Trinajstić information content (AvgIpc) is 3.13. The van der Waals surface area contributed by atoms with Gasteiger partial charge < -0.3 is 5.32 Å². The van der Waals surface area contributed by atoms with Crippen LogP contribution in [0.5, 0.6) is 0 Å². The van der Waals surface area contributed by atoms with Crippen molar-refractivity contribution in [1.82, 2.24) is 24.4 Å². The van der Waals surface area contributed by atoms with E-state index in [0.29, 0.717) is 45.1 Å². The molecule has 1 aliphatic rings. The van der Waals surface area contributed by atoms with Crippen molar-refractivity contribution in [2.45, 2.75) is 45.2 Å². The molecular weight excluding hydrogens is 485 g/mol. The molecule has 1 N–H and O–H groups in total. The number of nitrogens with one attached hydrogen (secondary N) is 1. The van der Waals surface area contributed by atoms with Crippen LogP contribution in [0.3, 0.4) is 0 Å². The summed E-state index contributed by atoms with van der Waals surface area (Å²) in [7, 11) is 0. The van der Waals surface area contributed by atoms with Gasteiger partial charge in [-0.2, -0.15) is 0 Å². The quantitative estimate of drug-likeness (QED) is 0.401. The van der Waals surface area contributed by atoms with Crippen LogP contribution in [0, 0.1) is 12.8 Å². The van der Waals surface area contributed by atoms with E-state index in [2.05, 4.69) is 15.3 Å². The third-order valence-corrected chi connectivity index (χ3v) is 7.23. The molecule has 0 unspecified atom stereocenters. The van der Waals surface area contributed by atoms with Crippen molar-refractivity contribution in [3.63, 3.8) is 0 Å². The van der Waals surface area contributed by atoms with Gasteiger partial charge in [0.15, 0.2) is 5.65 Å². The van der Waals surface area contributed by atoms with Gasteiger partial charge in [-0.25, -0.2) is 9.78 Å². The van der Waals surface area contributed by atoms with Crippen molar-refractivity contribution in [2.24, 2.45) is 5.92 Å². The molecule has 0 atom stereocenters. The molecule has 7 nitrogen and oxygen atoms in total. The second-order valence-electron chi connectivity index (χ2n) is 9.00. The minimum atomic E-state index is -0.149. The Labute approximate surface area is 212 Å². The van der Waals surface area contributed by atoms with Crippen molar-refractivity contribution in [3.8, 4) is 5.69 Å². The number of aromatic nitrogens is 4. The van der Waals surface area contributed by atoms with Gasteiger partial charge in [-0.05, 0) is 68.9 Å². The van der Waals surface area contributed by atoms with Gasteiger partial charge >= 0.3 is 5.69 Å². The van der Waals surface area contributed by atoms with Gasteiger partial charge in [0.05, 0.1) is 32.5 Å². The summed E-state index contributed by atoms with van der Waals surface area (Å²) in [6.07, 6.45) is 6.72. The molecule has 1 aromatic carbocycles. The Morgan fingerprint density at radius 3 is 2.63 bits per heavy atom. The third-order valence-electron chi connectivity index (χ3n) is 6.70. The van der Waals surface area contributed by atoms with E-state index in [1.807, 2.05) is 30.3 Å². The molecule has 0 radical (unpaired) electrons. The molecule has 4 aromatic rings. The van der Waals surface area contributed by atoms with Crippen LogP contribution >= 0.6 is 23.2 Å². The van der Waals surface area contributed by atoms with Crippen LogP contribution in [0.4, 0.5) is 0 Å². The van der Waals surface area contributed by atoms with Gasteiger partial charge in [0.2, 0.25) is 0 Å². The van der Waals surface area contributed by atoms with Gasteiger partial charge in [0.25, 0.3) is 5.91 Å². The first kappa shape index (κ1) is 23.6. The summed E-state index contributed by atoms with van der Waals surface area (Å²) in [6, 6.07) is 12.8. The highest BCUT2D eigenvalue weighted by Gasteiger charge is 2.26. The van der Waals surface area contributed by atoms with Crippen molar-refractivity contribution in [3.05, 3.63) is 86.6 Å². The number of hydrogen-bond donors (Lipinski definition) is 1. The zero-order chi connectivity index (χ0) is 24.5. The lowest BCUT2D eigenvalue weighted by Crippen LogP contribution is -2.39. The van der Waals surface area contributed by atoms with Crippen LogP contribution in [-0.2, 0) is 6.54 Å². The molecule has 0 bridgehead atoms. The number of rotatable bonds is 5. The SMILES string of the molecule is Cc1ncc(Cl)cc1C(=O)N[C@H]1CC[C@H](Cn2c(=O)n(-c3ccccc3Cl)c3cccnc32)CC1. The first-order valence-electron chi connectivity index (χ1n) is 11.7. The first-order chi connectivity index (χ1) is 16.9. The number of amides is 1. The highest BCUT2D eigenvalue weighted by atomic mass is 35.5. The number of halogens is 2. The Hall–Kier alpha value is -3.16. The van der Waals surface area contributed by atoms with Gasteiger partial charge in [-0.3, -0.25) is 18.9 Å². The normalized spacial score (nSPS) is 18.0. The van der Waals surface area contributed by atoms with E-state index in [4.69, 9.17) is 23.2 Å². The number of nitrogens with zero attached hydrogens (tertiary/aromatic N) is 4. The summed E-state index contributed by atoms with van der Waals surface area (Å²) in [5.41, 5.74) is 3.04. The lowest BCUT2D eigenvalue weighted by molar-refractivity contribution is 0.0919. The topological polar surface area (TPSA) is 81.8 Å². The van der Waals surface area contributed by atoms with Gasteiger partial charge in [0.1, 0.15) is 0 Å². The van der Waals surface area contributed by atoms with Crippen molar-refractivity contribution < 1.29 is 4.79 Å². The highest BCUT2D eigenvalue weighted by Crippen LogP contribution is 2.28. The molecule has 5 rings (SSSR count). The zero-order valence-electron chi connectivity index (χ0n) is 19.2. The summed E-state index contributed by atoms with van der Waals surface area (Å²) < 4.78 is 3.39. The van der Waals surface area contributed by atoms with Crippen LogP contribution in [0.25, 0.3) is 16.9 Å². The largest absolute Gasteiger partial charge is 0.349 e. The van der Waals surface area contributed by atoms with Crippen LogP contribution in [0.2, 0.25) is 10.0 Å². The molecule has 1 fully saturated rings. The summed E-state index contributed by atoms with van der Waals surface area (Å²) in [6.45, 7) is 2.37. The zero-order valence-corrected chi connectivity index (χ0v) is 20.8. The molecule has 1 saturated carbocycles. The lowest BCUT2D eigenvalue weighted by atomic mass is 9.86. The van der Waals surface area contributed by atoms with E-state index < -0.39 is 0 Å². The Morgan fingerprint density at radius 2 is 1.86 bits per heavy atom. The molecular formula is C26H25Cl2N5O2. The van der Waals surface area contributed by atoms with Crippen LogP contribution in [-0.4, -0.2) is 31.1 Å². The standard InChI is InChI=1S/C26H25Cl2N5O2/c1-16-20(13-18(27)14-30-16)25(34)31-19-10-8-17(9-11-19)15-32-24-23(7-4-12-29-24)33(26(32)35)22-6-3-2-5-21(22)28/h2-7,12-14,17,19H,8-11,15H2,1H3,(H,31,34)/t17-,19-. The summed E-state index contributed by atoms with van der Waals surface area (Å²) in [5, 5.41) is 4.08. The average molecular weight is 510 g/mol. The molecule has 0 spiro atoms. The molecule has 9 heteroatoms. The van der Waals surface area contributed by atoms with Crippen LogP contribution in [0.1, 0.15) is 41.7 Å². The minimum Gasteiger partial charge on any atom is -0.349 e. The number of pyridine rings is 2. The summed E-state index contributed by atoms with van der Waals surface area (Å²) >= 11 is 12.4. The predicted octanol–water partition coefficient (Wildman–Crippen LogP) is 5.19. The predicted molar refractivity (Wildman–Crippen MR) is 138 cm³/mol. The van der Waals surface area contributed by atoms with Gasteiger partial charge in [-0.15, -0.1) is 0 Å². The van der Waals surface area contributed by atoms with E-state index in [1.165, 1.54) is 0 Å². The van der Waals surface area contributed by atoms with E-state index in [1.54, 1.807) is 40.6 Å². The number of para-hydroxylation sites is 1. The summed E-state index contributed by atoms with van der Waals surface area (Å²) in [4.78, 5) is 34.9. The third kappa shape index (κ3) is 4.70. The number of carbonyl (C=O) groups excluding carboxylic acids is 1. The number of aryl methyl sites for hydroxylation is 1. The van der Waals surface area contributed by atoms with Crippen molar-refractivity contribution in [2.75, 3.05) is 0 Å². The van der Waals surface area contributed by atoms with Gasteiger partial charge in [-0.1, -0.05) is 35.3 Å². The molecule has 3 heterocycles. The van der Waals surface area contributed by atoms with Gasteiger partial charge in [0, 0.05) is 25.0 Å². The van der Waals surface area contributed by atoms with Crippen molar-refractivity contribution >= 4 is 40.3 Å². The number of imidazole rings is 1.